The molecule has 1 heterocycles. The number of hydrogen-bond donors (Lipinski definition) is 1. The first-order valence-electron chi connectivity index (χ1n) is 12.6. The van der Waals surface area contributed by atoms with E-state index in [0.29, 0.717) is 11.8 Å². The van der Waals surface area contributed by atoms with Gasteiger partial charge in [0.25, 0.3) is 0 Å². The Balaban J connectivity index is 1.74. The number of benzene rings is 2. The third-order valence-corrected chi connectivity index (χ3v) is 7.89. The Morgan fingerprint density at radius 2 is 1.59 bits per heavy atom. The van der Waals surface area contributed by atoms with Gasteiger partial charge in [-0.05, 0) is 67.2 Å². The SMILES string of the molecule is CCCCCC(C)c1cc(C)cc2c1OP(O)Oc1c(cc(C)cc1C1CCCCC1)C2. The van der Waals surface area contributed by atoms with Crippen molar-refractivity contribution in [3.05, 3.63) is 57.6 Å². The molecule has 2 atom stereocenters. The molecule has 174 valence electrons. The summed E-state index contributed by atoms with van der Waals surface area (Å²) in [5.74, 6) is 2.64. The van der Waals surface area contributed by atoms with E-state index in [9.17, 15) is 4.89 Å². The summed E-state index contributed by atoms with van der Waals surface area (Å²) in [5.41, 5.74) is 7.38. The van der Waals surface area contributed by atoms with E-state index >= 15 is 0 Å². The molecule has 4 rings (SSSR count). The van der Waals surface area contributed by atoms with Gasteiger partial charge in [0.1, 0.15) is 11.5 Å². The minimum Gasteiger partial charge on any atom is -0.417 e. The third-order valence-electron chi connectivity index (χ3n) is 7.21. The molecule has 0 aromatic heterocycles. The second kappa shape index (κ2) is 10.6. The van der Waals surface area contributed by atoms with E-state index in [-0.39, 0.29) is 0 Å². The molecule has 2 aromatic carbocycles. The predicted octanol–water partition coefficient (Wildman–Crippen LogP) is 8.62. The van der Waals surface area contributed by atoms with E-state index in [1.807, 2.05) is 0 Å². The fourth-order valence-corrected chi connectivity index (χ4v) is 6.36. The van der Waals surface area contributed by atoms with Crippen molar-refractivity contribution in [3.8, 4) is 11.5 Å². The maximum atomic E-state index is 10.9. The van der Waals surface area contributed by atoms with Gasteiger partial charge in [-0.2, -0.15) is 0 Å². The monoisotopic (exact) mass is 454 g/mol. The van der Waals surface area contributed by atoms with Crippen LogP contribution in [0.1, 0.15) is 117 Å². The Hall–Kier alpha value is -1.57. The van der Waals surface area contributed by atoms with Crippen molar-refractivity contribution >= 4 is 8.60 Å². The first kappa shape index (κ1) is 23.6. The van der Waals surface area contributed by atoms with Gasteiger partial charge in [-0.3, -0.25) is 0 Å². The standard InChI is InChI=1S/C28H39O3P/c1-5-6-8-11-21(4)25-16-19(2)14-23-18-24-15-20(3)17-26(22-12-9-7-10-13-22)28(24)31-32(29)30-27(23)25/h14-17,21-22,29H,5-13,18H2,1-4H3. The van der Waals surface area contributed by atoms with Crippen molar-refractivity contribution in [2.45, 2.75) is 104 Å². The summed E-state index contributed by atoms with van der Waals surface area (Å²) in [7, 11) is -2.02. The second-order valence-corrected chi connectivity index (χ2v) is 10.9. The van der Waals surface area contributed by atoms with Crippen molar-refractivity contribution in [2.24, 2.45) is 0 Å². The summed E-state index contributed by atoms with van der Waals surface area (Å²) in [4.78, 5) is 10.9. The average molecular weight is 455 g/mol. The van der Waals surface area contributed by atoms with Gasteiger partial charge in [0.15, 0.2) is 0 Å². The van der Waals surface area contributed by atoms with E-state index < -0.39 is 8.60 Å². The lowest BCUT2D eigenvalue weighted by atomic mass is 9.81. The lowest BCUT2D eigenvalue weighted by Crippen LogP contribution is -2.12. The molecule has 3 nitrogen and oxygen atoms in total. The van der Waals surface area contributed by atoms with Gasteiger partial charge in [0.2, 0.25) is 0 Å². The normalized spacial score (nSPS) is 19.7. The number of aryl methyl sites for hydroxylation is 2. The van der Waals surface area contributed by atoms with Gasteiger partial charge in [-0.25, -0.2) is 0 Å². The Morgan fingerprint density at radius 3 is 2.31 bits per heavy atom. The topological polar surface area (TPSA) is 38.7 Å². The summed E-state index contributed by atoms with van der Waals surface area (Å²) in [6.45, 7) is 8.88. The molecule has 0 radical (unpaired) electrons. The highest BCUT2D eigenvalue weighted by atomic mass is 31.2. The summed E-state index contributed by atoms with van der Waals surface area (Å²) in [6, 6.07) is 8.99. The second-order valence-electron chi connectivity index (χ2n) is 10.0. The number of hydrogen-bond acceptors (Lipinski definition) is 3. The lowest BCUT2D eigenvalue weighted by Gasteiger charge is -2.29. The molecule has 0 amide bonds. The Bertz CT molecular complexity index is 933. The molecular weight excluding hydrogens is 415 g/mol. The molecule has 0 bridgehead atoms. The van der Waals surface area contributed by atoms with Gasteiger partial charge >= 0.3 is 8.60 Å². The molecule has 2 aromatic rings. The average Bonchev–Trinajstić information content (AvgIpc) is 2.76. The molecule has 2 unspecified atom stereocenters. The van der Waals surface area contributed by atoms with Crippen molar-refractivity contribution in [2.75, 3.05) is 0 Å². The summed E-state index contributed by atoms with van der Waals surface area (Å²) < 4.78 is 12.4. The highest BCUT2D eigenvalue weighted by Gasteiger charge is 2.29. The van der Waals surface area contributed by atoms with E-state index in [2.05, 4.69) is 52.0 Å². The smallest absolute Gasteiger partial charge is 0.417 e. The predicted molar refractivity (Wildman–Crippen MR) is 134 cm³/mol. The van der Waals surface area contributed by atoms with Gasteiger partial charge in [0, 0.05) is 6.42 Å². The fourth-order valence-electron chi connectivity index (χ4n) is 5.56. The molecule has 0 spiro atoms. The summed E-state index contributed by atoms with van der Waals surface area (Å²) in [6.07, 6.45) is 11.9. The maximum absolute atomic E-state index is 10.9. The first-order valence-corrected chi connectivity index (χ1v) is 13.7. The van der Waals surface area contributed by atoms with Crippen LogP contribution in [0.25, 0.3) is 0 Å². The zero-order chi connectivity index (χ0) is 22.7. The molecule has 0 saturated heterocycles. The van der Waals surface area contributed by atoms with Gasteiger partial charge in [-0.1, -0.05) is 87.8 Å². The van der Waals surface area contributed by atoms with Crippen LogP contribution < -0.4 is 9.05 Å². The molecule has 1 aliphatic heterocycles. The van der Waals surface area contributed by atoms with Crippen LogP contribution in [0, 0.1) is 13.8 Å². The van der Waals surface area contributed by atoms with Crippen LogP contribution in [0.15, 0.2) is 24.3 Å². The molecule has 1 fully saturated rings. The molecule has 4 heteroatoms. The molecule has 32 heavy (non-hydrogen) atoms. The largest absolute Gasteiger partial charge is 0.460 e. The lowest BCUT2D eigenvalue weighted by molar-refractivity contribution is 0.364. The van der Waals surface area contributed by atoms with Crippen LogP contribution in [-0.2, 0) is 6.42 Å². The molecule has 1 saturated carbocycles. The molecule has 1 N–H and O–H groups in total. The van der Waals surface area contributed by atoms with Crippen LogP contribution >= 0.6 is 8.60 Å². The Labute approximate surface area is 195 Å². The van der Waals surface area contributed by atoms with Gasteiger partial charge < -0.3 is 13.9 Å². The van der Waals surface area contributed by atoms with Crippen LogP contribution in [0.5, 0.6) is 11.5 Å². The Kier molecular flexibility index (Phi) is 7.79. The summed E-state index contributed by atoms with van der Waals surface area (Å²) in [5, 5.41) is 0. The van der Waals surface area contributed by atoms with Crippen LogP contribution in [0.2, 0.25) is 0 Å². The van der Waals surface area contributed by atoms with Gasteiger partial charge in [-0.15, -0.1) is 0 Å². The summed E-state index contributed by atoms with van der Waals surface area (Å²) >= 11 is 0. The highest BCUT2D eigenvalue weighted by molar-refractivity contribution is 7.41. The minimum atomic E-state index is -2.02. The van der Waals surface area contributed by atoms with E-state index in [4.69, 9.17) is 9.05 Å². The van der Waals surface area contributed by atoms with E-state index in [1.165, 1.54) is 84.7 Å². The number of unbranched alkanes of at least 4 members (excludes halogenated alkanes) is 2. The minimum absolute atomic E-state index is 0.396. The van der Waals surface area contributed by atoms with Crippen LogP contribution in [0.4, 0.5) is 0 Å². The van der Waals surface area contributed by atoms with E-state index in [0.717, 1.165) is 24.3 Å². The molecule has 1 aliphatic carbocycles. The third kappa shape index (κ3) is 5.32. The van der Waals surface area contributed by atoms with E-state index in [1.54, 1.807) is 0 Å². The quantitative estimate of drug-likeness (QED) is 0.351. The zero-order valence-corrected chi connectivity index (χ0v) is 21.1. The van der Waals surface area contributed by atoms with Crippen LogP contribution in [-0.4, -0.2) is 4.89 Å². The molecule has 2 aliphatic rings. The Morgan fingerprint density at radius 1 is 0.938 bits per heavy atom. The maximum Gasteiger partial charge on any atom is 0.460 e. The van der Waals surface area contributed by atoms with Crippen molar-refractivity contribution in [3.63, 3.8) is 0 Å². The fraction of sp³-hybridized carbons (Fsp3) is 0.571. The van der Waals surface area contributed by atoms with Crippen molar-refractivity contribution in [1.82, 2.24) is 0 Å². The number of rotatable bonds is 6. The molecular formula is C28H39O3P. The van der Waals surface area contributed by atoms with Crippen molar-refractivity contribution in [1.29, 1.82) is 0 Å². The number of fused-ring (bicyclic) bond motifs is 2. The van der Waals surface area contributed by atoms with Gasteiger partial charge in [0.05, 0.1) is 0 Å². The first-order chi connectivity index (χ1) is 15.5. The van der Waals surface area contributed by atoms with Crippen molar-refractivity contribution < 1.29 is 13.9 Å². The zero-order valence-electron chi connectivity index (χ0n) is 20.2. The highest BCUT2D eigenvalue weighted by Crippen LogP contribution is 2.50. The van der Waals surface area contributed by atoms with Crippen LogP contribution in [0.3, 0.4) is 0 Å².